The van der Waals surface area contributed by atoms with Crippen LogP contribution in [0.2, 0.25) is 0 Å². The number of H-pyrrole nitrogens is 1. The first-order valence-corrected chi connectivity index (χ1v) is 48.3. The molecule has 7 aliphatic rings. The maximum Gasteiger partial charge on any atom is 0.338 e. The lowest BCUT2D eigenvalue weighted by molar-refractivity contribution is -0.114. The van der Waals surface area contributed by atoms with Crippen LogP contribution < -0.4 is 47.7 Å². The number of aryl methyl sites for hydroxylation is 1. The van der Waals surface area contributed by atoms with E-state index in [1.807, 2.05) is 32.9 Å². The Labute approximate surface area is 779 Å². The van der Waals surface area contributed by atoms with Gasteiger partial charge in [-0.3, -0.25) is 33.6 Å². The van der Waals surface area contributed by atoms with E-state index in [0.29, 0.717) is 105 Å². The SMILES string of the molecule is CC1=CC(=O)Cc2ccc(NC(=O)c3cc(S(=O)(=O)N(C)C)ccc3F)cc21.CC1=CC(=O)Cc2ccc(NC(=O)c3cc(S(=O)(=O)N(C)C)ccc3N3CC[C@@H](F)C3)cc21.CC1=CC(=O)Cc2ccc(NC(=O)c3cc(S(=O)(=O)N(C)C)ccc3N3CC[C@H](F)C3)cc21.CN(C)S(=O)(=O)c1ccc(F)c(C(=O)O)c1.Cc1cc(=O)[nH]c2ccc(N)cc12.F[C@@H]1CCNC1.F[C@H]1CCNC1. The Hall–Kier alpha value is -12.4. The Balaban J connectivity index is 0.000000174. The molecule has 16 rings (SSSR count). The summed E-state index contributed by atoms with van der Waals surface area (Å²) in [5.74, 6) is -4.94. The summed E-state index contributed by atoms with van der Waals surface area (Å²) in [6.45, 7) is 11.4. The van der Waals surface area contributed by atoms with Gasteiger partial charge in [0.1, 0.15) is 36.3 Å². The number of nitrogens with two attached hydrogens (primary N) is 1. The van der Waals surface area contributed by atoms with Crippen LogP contribution >= 0.6 is 0 Å². The molecule has 0 spiro atoms. The van der Waals surface area contributed by atoms with Crippen LogP contribution in [0.15, 0.2) is 194 Å². The molecule has 4 atom stereocenters. The van der Waals surface area contributed by atoms with Gasteiger partial charge >= 0.3 is 5.97 Å². The average molecular weight is 1950 g/mol. The first-order chi connectivity index (χ1) is 63.4. The average Bonchev–Trinajstić information content (AvgIpc) is 1.77. The van der Waals surface area contributed by atoms with Crippen molar-refractivity contribution < 1.29 is 98.7 Å². The molecule has 0 radical (unpaired) electrons. The topological polar surface area (TPSA) is 415 Å². The number of nitrogens with one attached hydrogen (secondary N) is 6. The first kappa shape index (κ1) is 105. The molecule has 1 aromatic heterocycles. The highest BCUT2D eigenvalue weighted by Crippen LogP contribution is 2.36. The predicted octanol–water partition coefficient (Wildman–Crippen LogP) is 12.2. The predicted molar refractivity (Wildman–Crippen MR) is 508 cm³/mol. The molecule has 4 fully saturated rings. The Morgan fingerprint density at radius 3 is 1.06 bits per heavy atom. The molecule has 4 aliphatic heterocycles. The zero-order valence-electron chi connectivity index (χ0n) is 76.2. The molecule has 30 nitrogen and oxygen atoms in total. The van der Waals surface area contributed by atoms with Gasteiger partial charge in [0, 0.05) is 166 Å². The summed E-state index contributed by atoms with van der Waals surface area (Å²) in [5, 5.41) is 23.7. The number of halogens is 6. The number of alkyl halides is 4. The highest BCUT2D eigenvalue weighted by Gasteiger charge is 2.33. The van der Waals surface area contributed by atoms with Gasteiger partial charge < -0.3 is 52.2 Å². The van der Waals surface area contributed by atoms with Gasteiger partial charge in [-0.25, -0.2) is 82.0 Å². The second kappa shape index (κ2) is 44.9. The zero-order chi connectivity index (χ0) is 99.2. The standard InChI is InChI=1S/2C24H26FN3O4S.C20H19FN2O4S.C10H10N2O.C9H10FNO4S.2C4H8FN/c2*1-15-10-19(29)11-16-4-5-18(12-21(15)16)26-24(30)22-13-20(33(31,32)27(2)3)6-7-23(22)28-9-8-17(25)14-28;1-12-8-15(24)9-13-4-5-14(10-17(12)13)22-20(25)18-11-16(6-7-19(18)21)28(26,27)23(2)3;1-6-4-10(13)12-9-3-2-7(11)5-8(6)9;1-11(2)16(14,15)6-3-4-8(10)7(5-6)9(12)13;2*5-4-1-2-6-3-4/h2*4-7,10,12-13,17H,8-9,11,14H2,1-3H3,(H,26,30);4-8,10-11H,9H2,1-3H3,(H,22,25);2-5H,11H2,1H3,(H,12,13);3-5H,1-2H3,(H,12,13);2*4,6H,1-3H2/t2*17-;;;;2*4-/m10...10/s1. The van der Waals surface area contributed by atoms with Crippen LogP contribution in [0.25, 0.3) is 27.6 Å². The maximum atomic E-state index is 14.2. The molecule has 0 bridgehead atoms. The fraction of sp³-hybridized carbons (Fsp3) is 0.326. The van der Waals surface area contributed by atoms with Gasteiger partial charge in [-0.1, -0.05) is 18.2 Å². The molecule has 9 aromatic rings. The van der Waals surface area contributed by atoms with Crippen molar-refractivity contribution in [3.63, 3.8) is 0 Å². The number of benzene rings is 8. The number of hydrogen-bond donors (Lipinski definition) is 8. The number of allylic oxidation sites excluding steroid dienone is 6. The Morgan fingerprint density at radius 1 is 0.415 bits per heavy atom. The number of carboxylic acids is 1. The summed E-state index contributed by atoms with van der Waals surface area (Å²) in [4.78, 5) is 102. The van der Waals surface area contributed by atoms with Crippen molar-refractivity contribution in [2.45, 2.75) is 117 Å². The molecule has 5 heterocycles. The lowest BCUT2D eigenvalue weighted by Crippen LogP contribution is -2.26. The molecule has 720 valence electrons. The van der Waals surface area contributed by atoms with E-state index < -0.39 is 106 Å². The third kappa shape index (κ3) is 26.6. The van der Waals surface area contributed by atoms with Crippen molar-refractivity contribution in [2.24, 2.45) is 0 Å². The molecule has 0 unspecified atom stereocenters. The number of sulfonamides is 4. The van der Waals surface area contributed by atoms with Gasteiger partial charge in [0.05, 0.1) is 41.8 Å². The van der Waals surface area contributed by atoms with E-state index in [1.54, 1.807) is 114 Å². The number of nitrogen functional groups attached to an aromatic ring is 1. The second-order valence-electron chi connectivity index (χ2n) is 33.5. The minimum absolute atomic E-state index is 0.0138. The number of fused-ring (bicyclic) bond motifs is 4. The number of carbonyl (C=O) groups is 7. The van der Waals surface area contributed by atoms with E-state index in [1.165, 1.54) is 80.6 Å². The molecule has 3 amide bonds. The van der Waals surface area contributed by atoms with Crippen LogP contribution in [0.4, 0.5) is 60.5 Å². The molecule has 9 N–H and O–H groups in total. The number of amides is 3. The third-order valence-corrected chi connectivity index (χ3v) is 29.8. The van der Waals surface area contributed by atoms with Crippen molar-refractivity contribution in [3.05, 3.63) is 253 Å². The van der Waals surface area contributed by atoms with Gasteiger partial charge in [-0.05, 0) is 268 Å². The lowest BCUT2D eigenvalue weighted by Gasteiger charge is -2.22. The molecule has 3 aliphatic carbocycles. The number of aromatic amines is 1. The minimum Gasteiger partial charge on any atom is -0.478 e. The number of ketones is 3. The zero-order valence-corrected chi connectivity index (χ0v) is 79.5. The summed E-state index contributed by atoms with van der Waals surface area (Å²) in [5.41, 5.74) is 17.5. The number of rotatable bonds is 17. The van der Waals surface area contributed by atoms with E-state index in [4.69, 9.17) is 10.8 Å². The van der Waals surface area contributed by atoms with Gasteiger partial charge in [-0.15, -0.1) is 0 Å². The first-order valence-electron chi connectivity index (χ1n) is 42.6. The van der Waals surface area contributed by atoms with E-state index in [2.05, 4.69) is 31.6 Å². The van der Waals surface area contributed by atoms with Crippen LogP contribution in [0.3, 0.4) is 0 Å². The smallest absolute Gasteiger partial charge is 0.338 e. The highest BCUT2D eigenvalue weighted by molar-refractivity contribution is 7.90. The van der Waals surface area contributed by atoms with Gasteiger partial charge in [0.15, 0.2) is 17.3 Å². The van der Waals surface area contributed by atoms with Crippen LogP contribution in [0.5, 0.6) is 0 Å². The summed E-state index contributed by atoms with van der Waals surface area (Å²) < 4.78 is 181. The quantitative estimate of drug-likeness (QED) is 0.0310. The van der Waals surface area contributed by atoms with E-state index in [9.17, 15) is 98.4 Å². The number of pyridine rings is 1. The van der Waals surface area contributed by atoms with Crippen LogP contribution in [0, 0.1) is 18.6 Å². The molecule has 8 aromatic carbocycles. The van der Waals surface area contributed by atoms with E-state index in [-0.39, 0.29) is 72.3 Å². The van der Waals surface area contributed by atoms with Crippen LogP contribution in [-0.2, 0) is 73.7 Å². The molecule has 40 heteroatoms. The fourth-order valence-electron chi connectivity index (χ4n) is 15.1. The van der Waals surface area contributed by atoms with Crippen molar-refractivity contribution in [2.75, 3.05) is 140 Å². The number of carbonyl (C=O) groups excluding carboxylic acids is 6. The minimum atomic E-state index is -3.80. The van der Waals surface area contributed by atoms with Crippen molar-refractivity contribution in [1.82, 2.24) is 32.8 Å². The lowest BCUT2D eigenvalue weighted by atomic mass is 9.90. The van der Waals surface area contributed by atoms with Crippen LogP contribution in [0.1, 0.15) is 127 Å². The highest BCUT2D eigenvalue weighted by atomic mass is 32.2. The van der Waals surface area contributed by atoms with E-state index >= 15 is 0 Å². The molecule has 4 saturated heterocycles. The summed E-state index contributed by atoms with van der Waals surface area (Å²) in [7, 11) is -4.06. The van der Waals surface area contributed by atoms with Crippen molar-refractivity contribution >= 4 is 143 Å². The summed E-state index contributed by atoms with van der Waals surface area (Å²) in [6.07, 6.45) is 4.64. The summed E-state index contributed by atoms with van der Waals surface area (Å²) in [6, 6.07) is 37.2. The number of aromatic nitrogens is 1. The van der Waals surface area contributed by atoms with Crippen molar-refractivity contribution in [1.29, 1.82) is 0 Å². The second-order valence-corrected chi connectivity index (χ2v) is 42.1. The molecule has 135 heavy (non-hydrogen) atoms. The van der Waals surface area contributed by atoms with Gasteiger partial charge in [0.25, 0.3) is 17.7 Å². The maximum absolute atomic E-state index is 14.2. The number of nitrogens with zero attached hydrogens (tertiary/aromatic N) is 6. The number of aromatic carboxylic acids is 1. The van der Waals surface area contributed by atoms with Gasteiger partial charge in [-0.2, -0.15) is 0 Å². The molecular formula is C95H107F6N13O17S4. The van der Waals surface area contributed by atoms with Crippen LogP contribution in [-0.4, -0.2) is 235 Å². The third-order valence-electron chi connectivity index (χ3n) is 22.5. The Bertz CT molecular complexity index is 6510. The number of anilines is 6. The Kier molecular flexibility index (Phi) is 34.8. The largest absolute Gasteiger partial charge is 0.478 e. The van der Waals surface area contributed by atoms with E-state index in [0.717, 1.165) is 133 Å². The normalized spacial score (nSPS) is 17.3. The molecular weight excluding hydrogens is 1840 g/mol. The Morgan fingerprint density at radius 2 is 0.748 bits per heavy atom. The molecule has 0 saturated carbocycles. The number of carboxylic acid groups (broad SMARTS) is 1. The van der Waals surface area contributed by atoms with Gasteiger partial charge in [0.2, 0.25) is 45.7 Å². The number of hydrogen-bond acceptors (Lipinski definition) is 21. The van der Waals surface area contributed by atoms with Crippen molar-refractivity contribution in [3.8, 4) is 0 Å². The fourth-order valence-corrected chi connectivity index (χ4v) is 18.8. The monoisotopic (exact) mass is 1940 g/mol. The summed E-state index contributed by atoms with van der Waals surface area (Å²) >= 11 is 0.